The minimum atomic E-state index is -3.24. The molecule has 548 valence electrons. The zero-order chi connectivity index (χ0) is 72.7. The molecule has 7 rings (SSSR count). The Labute approximate surface area is 587 Å². The molecule has 99 heavy (non-hydrogen) atoms. The number of likely N-dealkylation sites (tertiary alicyclic amines) is 1. The number of aryl methyl sites for hydroxylation is 1. The van der Waals surface area contributed by atoms with Crippen LogP contribution in [0, 0.1) is 17.8 Å². The van der Waals surface area contributed by atoms with E-state index in [-0.39, 0.29) is 86.6 Å². The third kappa shape index (κ3) is 20.2. The van der Waals surface area contributed by atoms with Gasteiger partial charge in [0.2, 0.25) is 59.1 Å². The number of nitrogens with zero attached hydrogens (tertiary/aromatic N) is 9. The van der Waals surface area contributed by atoms with Crippen molar-refractivity contribution >= 4 is 88.2 Å². The fourth-order valence-corrected chi connectivity index (χ4v) is 14.9. The number of nitrogens with one attached hydrogen (secondary N) is 3. The molecule has 3 saturated heterocycles. The smallest absolute Gasteiger partial charge is 0.271 e. The van der Waals surface area contributed by atoms with E-state index in [0.717, 1.165) is 49.5 Å². The maximum atomic E-state index is 14.9. The van der Waals surface area contributed by atoms with Crippen molar-refractivity contribution in [2.45, 2.75) is 237 Å². The summed E-state index contributed by atoms with van der Waals surface area (Å²) in [5, 5.41) is 8.43. The number of allylic oxidation sites excluding steroid dienone is 1. The molecular formula is C72H107ClF2N12O12. The zero-order valence-electron chi connectivity index (χ0n) is 60.0. The van der Waals surface area contributed by atoms with Crippen LogP contribution in [-0.4, -0.2) is 239 Å². The number of alkyl halides is 2. The van der Waals surface area contributed by atoms with Gasteiger partial charge in [-0.1, -0.05) is 75.9 Å². The SMILES string of the molecule is CC[C@H](C)C1=NC(=O)[C@H](CC(C)C)N(C)C(=O)C[C@@H](C(=O)N2CCCC2)NC(=O)[C@H](C2CCCC2)N(C)C(=O)CCCCNC(=O)[C@@H]2CCCN2C(=O)[C@H](CCc2ccc(C(C)(F)F)c(Cl)c2)NC(=O)CN(C)C(=O)[C@H](CC2=CCCCC2)N(C)C(=O)[C@@H]2CCN2C(=O)[C@H](C)N(C)C1=O. The molecule has 3 N–H and O–H groups in total. The number of halogens is 3. The number of carbonyl (C=O) groups is 12. The predicted molar refractivity (Wildman–Crippen MR) is 369 cm³/mol. The van der Waals surface area contributed by atoms with Gasteiger partial charge >= 0.3 is 0 Å². The summed E-state index contributed by atoms with van der Waals surface area (Å²) in [6.07, 6.45) is 11.2. The van der Waals surface area contributed by atoms with E-state index >= 15 is 0 Å². The van der Waals surface area contributed by atoms with Crippen molar-refractivity contribution in [3.8, 4) is 0 Å². The Hall–Kier alpha value is -7.38. The van der Waals surface area contributed by atoms with Gasteiger partial charge in [-0.15, -0.1) is 0 Å². The second kappa shape index (κ2) is 35.8. The van der Waals surface area contributed by atoms with Crippen LogP contribution in [-0.2, 0) is 69.9 Å². The van der Waals surface area contributed by atoms with Crippen molar-refractivity contribution in [2.24, 2.45) is 22.7 Å². The lowest BCUT2D eigenvalue weighted by Gasteiger charge is -2.45. The molecule has 4 aliphatic heterocycles. The Morgan fingerprint density at radius 3 is 1.99 bits per heavy atom. The summed E-state index contributed by atoms with van der Waals surface area (Å²) < 4.78 is 28.9. The van der Waals surface area contributed by atoms with E-state index < -0.39 is 144 Å². The van der Waals surface area contributed by atoms with E-state index in [1.54, 1.807) is 18.9 Å². The number of aliphatic imine (C=N–C) groups is 1. The molecule has 9 atom stereocenters. The first-order chi connectivity index (χ1) is 46.8. The Bertz CT molecular complexity index is 3200. The van der Waals surface area contributed by atoms with Crippen LogP contribution in [0.25, 0.3) is 0 Å². The Kier molecular flexibility index (Phi) is 28.5. The molecule has 0 aromatic heterocycles. The molecule has 1 aromatic rings. The number of rotatable bonds is 12. The highest BCUT2D eigenvalue weighted by atomic mass is 35.5. The molecule has 12 amide bonds. The fraction of sp³-hybridized carbons (Fsp3) is 0.708. The van der Waals surface area contributed by atoms with Gasteiger partial charge in [0, 0.05) is 97.8 Å². The van der Waals surface area contributed by atoms with Crippen LogP contribution < -0.4 is 16.0 Å². The predicted octanol–water partition coefficient (Wildman–Crippen LogP) is 6.19. The van der Waals surface area contributed by atoms with Gasteiger partial charge in [0.25, 0.3) is 17.7 Å². The average molecular weight is 1410 g/mol. The molecule has 1 aromatic carbocycles. The number of likely N-dealkylation sites (N-methyl/N-ethyl adjacent to an activating group) is 5. The number of carbonyl (C=O) groups excluding carboxylic acids is 12. The van der Waals surface area contributed by atoms with Gasteiger partial charge in [0.05, 0.1) is 13.0 Å². The highest BCUT2D eigenvalue weighted by molar-refractivity contribution is 6.41. The van der Waals surface area contributed by atoms with Crippen LogP contribution in [0.5, 0.6) is 0 Å². The minimum absolute atomic E-state index is 0.00846. The maximum Gasteiger partial charge on any atom is 0.271 e. The lowest BCUT2D eigenvalue weighted by molar-refractivity contribution is -0.159. The molecule has 0 unspecified atom stereocenters. The van der Waals surface area contributed by atoms with Crippen LogP contribution in [0.15, 0.2) is 34.8 Å². The van der Waals surface area contributed by atoms with E-state index in [1.807, 2.05) is 26.8 Å². The summed E-state index contributed by atoms with van der Waals surface area (Å²) in [6, 6.07) is -5.20. The lowest BCUT2D eigenvalue weighted by Crippen LogP contribution is -2.64. The van der Waals surface area contributed by atoms with Gasteiger partial charge < -0.3 is 55.1 Å². The normalized spacial score (nSPS) is 26.8. The summed E-state index contributed by atoms with van der Waals surface area (Å²) in [5.74, 6) is -11.5. The molecule has 0 bridgehead atoms. The third-order valence-electron chi connectivity index (χ3n) is 21.1. The largest absolute Gasteiger partial charge is 0.354 e. The van der Waals surface area contributed by atoms with Crippen LogP contribution >= 0.6 is 11.6 Å². The van der Waals surface area contributed by atoms with Crippen LogP contribution in [0.4, 0.5) is 8.78 Å². The Morgan fingerprint density at radius 2 is 1.37 bits per heavy atom. The Morgan fingerprint density at radius 1 is 0.697 bits per heavy atom. The zero-order valence-corrected chi connectivity index (χ0v) is 60.8. The topological polar surface area (TPSA) is 279 Å². The fourth-order valence-electron chi connectivity index (χ4n) is 14.5. The quantitative estimate of drug-likeness (QED) is 0.198. The van der Waals surface area contributed by atoms with Crippen molar-refractivity contribution in [1.29, 1.82) is 0 Å². The van der Waals surface area contributed by atoms with Gasteiger partial charge in [0.1, 0.15) is 54.0 Å². The van der Waals surface area contributed by atoms with Crippen molar-refractivity contribution in [2.75, 3.05) is 74.5 Å². The van der Waals surface area contributed by atoms with Gasteiger partial charge in [-0.25, -0.2) is 13.8 Å². The van der Waals surface area contributed by atoms with E-state index in [2.05, 4.69) is 20.9 Å². The summed E-state index contributed by atoms with van der Waals surface area (Å²) >= 11 is 6.35. The van der Waals surface area contributed by atoms with Gasteiger partial charge in [0.15, 0.2) is 0 Å². The number of fused-ring (bicyclic) bond motifs is 2. The first-order valence-corrected chi connectivity index (χ1v) is 36.3. The monoisotopic (exact) mass is 1400 g/mol. The molecule has 0 spiro atoms. The van der Waals surface area contributed by atoms with Gasteiger partial charge in [-0.2, -0.15) is 0 Å². The van der Waals surface area contributed by atoms with Crippen molar-refractivity contribution in [3.63, 3.8) is 0 Å². The second-order valence-corrected chi connectivity index (χ2v) is 29.2. The molecule has 1 saturated carbocycles. The molecule has 4 fully saturated rings. The highest BCUT2D eigenvalue weighted by Crippen LogP contribution is 2.35. The minimum Gasteiger partial charge on any atom is -0.354 e. The molecular weight excluding hydrogens is 1300 g/mol. The second-order valence-electron chi connectivity index (χ2n) is 28.8. The lowest BCUT2D eigenvalue weighted by atomic mass is 9.92. The standard InChI is InChI=1S/C72H107ClF2N12O12/c1-12-45(4)61-71(99)81(8)46(5)66(94)87-38-33-55(87)70(98)83(10)57(41-47-23-14-13-15-24-47)69(97)80(7)43-58(88)77-52(32-30-48-29-31-50(51(73)40-48)72(6,74)75)68(96)86-37-22-27-54(86)63(91)76-34-19-18-28-59(89)84(11)62(49-25-16-17-26-49)65(93)78-53(67(95)85-35-20-21-36-85)42-60(90)82(9)56(39-44(2)3)64(92)79-61/h23,29,31,40,44-46,49,52-57,62H,12-22,24-28,30,32-39,41-43H2,1-11H3,(H,76,91)(H,77,88)(H,78,93)/t45-,46-,52-,53-,54-,55-,56-,57-,62-/m0/s1. The van der Waals surface area contributed by atoms with Crippen molar-refractivity contribution in [3.05, 3.63) is 46.0 Å². The number of amides is 12. The van der Waals surface area contributed by atoms with Crippen molar-refractivity contribution < 1.29 is 66.3 Å². The molecule has 0 radical (unpaired) electrons. The van der Waals surface area contributed by atoms with Crippen LogP contribution in [0.1, 0.15) is 188 Å². The maximum absolute atomic E-state index is 14.9. The molecule has 4 heterocycles. The third-order valence-corrected chi connectivity index (χ3v) is 21.4. The van der Waals surface area contributed by atoms with E-state index in [4.69, 9.17) is 11.6 Å². The van der Waals surface area contributed by atoms with E-state index in [1.165, 1.54) is 82.7 Å². The molecule has 6 aliphatic rings. The number of hydrogen-bond donors (Lipinski definition) is 3. The van der Waals surface area contributed by atoms with E-state index in [0.29, 0.717) is 82.9 Å². The van der Waals surface area contributed by atoms with Crippen LogP contribution in [0.2, 0.25) is 5.02 Å². The summed E-state index contributed by atoms with van der Waals surface area (Å²) in [5.41, 5.74) is 0.868. The average Bonchev–Trinajstić information content (AvgIpc) is 1.79. The number of benzene rings is 1. The van der Waals surface area contributed by atoms with Gasteiger partial charge in [-0.3, -0.25) is 57.5 Å². The molecule has 2 aliphatic carbocycles. The first-order valence-electron chi connectivity index (χ1n) is 35.9. The first kappa shape index (κ1) is 79.0. The van der Waals surface area contributed by atoms with Crippen LogP contribution in [0.3, 0.4) is 0 Å². The van der Waals surface area contributed by atoms with Crippen molar-refractivity contribution in [1.82, 2.24) is 55.1 Å². The van der Waals surface area contributed by atoms with Gasteiger partial charge in [-0.05, 0) is 146 Å². The Balaban J connectivity index is 1.21. The summed E-state index contributed by atoms with van der Waals surface area (Å²) in [6.45, 7) is 10.1. The number of hydrogen-bond acceptors (Lipinski definition) is 12. The summed E-state index contributed by atoms with van der Waals surface area (Å²) in [4.78, 5) is 190. The summed E-state index contributed by atoms with van der Waals surface area (Å²) in [7, 11) is 7.25. The molecule has 24 nitrogen and oxygen atoms in total. The highest BCUT2D eigenvalue weighted by Gasteiger charge is 2.47. The molecule has 27 heteroatoms. The van der Waals surface area contributed by atoms with E-state index in [9.17, 15) is 66.3 Å².